The average Bonchev–Trinajstić information content (AvgIpc) is 3.71. The van der Waals surface area contributed by atoms with Crippen molar-refractivity contribution < 1.29 is 9.90 Å². The molecule has 1 aliphatic carbocycles. The van der Waals surface area contributed by atoms with E-state index >= 15 is 0 Å². The number of amides is 1. The highest BCUT2D eigenvalue weighted by Crippen LogP contribution is 2.42. The van der Waals surface area contributed by atoms with E-state index in [4.69, 9.17) is 33.4 Å². The maximum absolute atomic E-state index is 12.3. The first-order valence-electron chi connectivity index (χ1n) is 13.4. The lowest BCUT2D eigenvalue weighted by Gasteiger charge is -2.31. The molecule has 0 radical (unpaired) electrons. The maximum Gasteiger partial charge on any atom is 0.224 e. The summed E-state index contributed by atoms with van der Waals surface area (Å²) >= 11 is 12.5. The molecule has 38 heavy (non-hydrogen) atoms. The fraction of sp³-hybridized carbons (Fsp3) is 0.355. The van der Waals surface area contributed by atoms with E-state index in [1.54, 1.807) is 0 Å². The Labute approximate surface area is 233 Å². The Morgan fingerprint density at radius 3 is 2.00 bits per heavy atom. The van der Waals surface area contributed by atoms with Crippen molar-refractivity contribution in [3.05, 3.63) is 99.2 Å². The average molecular weight is 549 g/mol. The number of hydrogen-bond acceptors (Lipinski definition) is 3. The number of piperidine rings is 1. The number of nitrogens with zero attached hydrogens (tertiary/aromatic N) is 3. The second-order valence-corrected chi connectivity index (χ2v) is 11.4. The van der Waals surface area contributed by atoms with E-state index in [0.29, 0.717) is 25.0 Å². The summed E-state index contributed by atoms with van der Waals surface area (Å²) in [4.78, 5) is 14.2. The zero-order valence-corrected chi connectivity index (χ0v) is 22.7. The van der Waals surface area contributed by atoms with Crippen molar-refractivity contribution in [1.82, 2.24) is 14.7 Å². The van der Waals surface area contributed by atoms with Gasteiger partial charge in [-0.25, -0.2) is 0 Å². The van der Waals surface area contributed by atoms with Gasteiger partial charge in [0.15, 0.2) is 0 Å². The van der Waals surface area contributed by atoms with Crippen LogP contribution in [0, 0.1) is 0 Å². The van der Waals surface area contributed by atoms with Crippen LogP contribution in [-0.4, -0.2) is 45.4 Å². The van der Waals surface area contributed by atoms with Crippen molar-refractivity contribution in [3.63, 3.8) is 0 Å². The molecule has 2 fully saturated rings. The van der Waals surface area contributed by atoms with Gasteiger partial charge in [0.1, 0.15) is 0 Å². The van der Waals surface area contributed by atoms with Crippen LogP contribution in [0.5, 0.6) is 0 Å². The molecule has 1 saturated heterocycles. The highest BCUT2D eigenvalue weighted by Gasteiger charge is 2.32. The second kappa shape index (κ2) is 10.7. The Morgan fingerprint density at radius 2 is 1.45 bits per heavy atom. The van der Waals surface area contributed by atoms with Crippen LogP contribution in [0.4, 0.5) is 0 Å². The third-order valence-corrected chi connectivity index (χ3v) is 8.46. The van der Waals surface area contributed by atoms with Gasteiger partial charge in [0, 0.05) is 46.8 Å². The summed E-state index contributed by atoms with van der Waals surface area (Å²) in [5.41, 5.74) is 5.88. The van der Waals surface area contributed by atoms with Crippen LogP contribution in [-0.2, 0) is 4.79 Å². The molecule has 3 aromatic carbocycles. The number of aromatic nitrogens is 2. The number of fused-ring (bicyclic) bond motifs is 1. The molecule has 7 heteroatoms. The lowest BCUT2D eigenvalue weighted by atomic mass is 9.84. The first kappa shape index (κ1) is 25.4. The van der Waals surface area contributed by atoms with Gasteiger partial charge in [0.2, 0.25) is 5.91 Å². The minimum absolute atomic E-state index is 0.0315. The number of halogens is 2. The van der Waals surface area contributed by atoms with Gasteiger partial charge in [-0.15, -0.1) is 0 Å². The van der Waals surface area contributed by atoms with Gasteiger partial charge < -0.3 is 10.0 Å². The van der Waals surface area contributed by atoms with Gasteiger partial charge >= 0.3 is 0 Å². The highest BCUT2D eigenvalue weighted by molar-refractivity contribution is 6.30. The zero-order chi connectivity index (χ0) is 26.2. The molecule has 1 aromatic heterocycles. The second-order valence-electron chi connectivity index (χ2n) is 10.5. The zero-order valence-electron chi connectivity index (χ0n) is 21.2. The lowest BCUT2D eigenvalue weighted by Crippen LogP contribution is -2.38. The number of aliphatic hydroxyl groups excluding tert-OH is 1. The van der Waals surface area contributed by atoms with Crippen molar-refractivity contribution >= 4 is 40.0 Å². The van der Waals surface area contributed by atoms with Gasteiger partial charge in [-0.1, -0.05) is 53.5 Å². The SMILES string of the molecule is O=C(CCO)N1CCC(c2nn(C3CC3)c3ccc(C(c4ccc(Cl)cc4)c4ccc(Cl)cc4)cc23)CC1. The summed E-state index contributed by atoms with van der Waals surface area (Å²) in [5.74, 6) is 0.370. The number of aliphatic hydroxyl groups is 1. The van der Waals surface area contributed by atoms with E-state index in [1.165, 1.54) is 40.4 Å². The van der Waals surface area contributed by atoms with Crippen LogP contribution in [0.2, 0.25) is 10.0 Å². The van der Waals surface area contributed by atoms with Gasteiger partial charge in [0.25, 0.3) is 0 Å². The number of benzene rings is 3. The molecule has 0 spiro atoms. The fourth-order valence-electron chi connectivity index (χ4n) is 5.80. The molecule has 5 nitrogen and oxygen atoms in total. The quantitative estimate of drug-likeness (QED) is 0.255. The van der Waals surface area contributed by atoms with Crippen molar-refractivity contribution in [1.29, 1.82) is 0 Å². The number of carbonyl (C=O) groups excluding carboxylic acids is 1. The lowest BCUT2D eigenvalue weighted by molar-refractivity contribution is -0.132. The predicted octanol–water partition coefficient (Wildman–Crippen LogP) is 6.95. The molecule has 0 bridgehead atoms. The third kappa shape index (κ3) is 5.07. The van der Waals surface area contributed by atoms with Crippen LogP contribution in [0.1, 0.15) is 72.4 Å². The molecule has 4 aromatic rings. The fourth-order valence-corrected chi connectivity index (χ4v) is 6.06. The molecule has 1 N–H and O–H groups in total. The van der Waals surface area contributed by atoms with Gasteiger partial charge in [-0.05, 0) is 78.8 Å². The summed E-state index contributed by atoms with van der Waals surface area (Å²) in [6.07, 6.45) is 4.31. The summed E-state index contributed by atoms with van der Waals surface area (Å²) in [7, 11) is 0. The van der Waals surface area contributed by atoms with Crippen LogP contribution in [0.15, 0.2) is 66.7 Å². The van der Waals surface area contributed by atoms with Gasteiger partial charge in [-0.3, -0.25) is 9.48 Å². The minimum atomic E-state index is -0.0968. The molecular weight excluding hydrogens is 517 g/mol. The minimum Gasteiger partial charge on any atom is -0.396 e. The number of likely N-dealkylation sites (tertiary alicyclic amines) is 1. The van der Waals surface area contributed by atoms with Crippen molar-refractivity contribution in [2.75, 3.05) is 19.7 Å². The van der Waals surface area contributed by atoms with Crippen molar-refractivity contribution in [2.24, 2.45) is 0 Å². The molecule has 0 unspecified atom stereocenters. The van der Waals surface area contributed by atoms with E-state index in [9.17, 15) is 4.79 Å². The van der Waals surface area contributed by atoms with E-state index in [1.807, 2.05) is 29.2 Å². The molecule has 6 rings (SSSR count). The molecule has 2 heterocycles. The topological polar surface area (TPSA) is 58.4 Å². The molecule has 1 aliphatic heterocycles. The van der Waals surface area contributed by atoms with E-state index in [-0.39, 0.29) is 24.9 Å². The Kier molecular flexibility index (Phi) is 7.17. The third-order valence-electron chi connectivity index (χ3n) is 7.95. The number of rotatable bonds is 7. The summed E-state index contributed by atoms with van der Waals surface area (Å²) in [6.45, 7) is 1.32. The maximum atomic E-state index is 12.3. The predicted molar refractivity (Wildman–Crippen MR) is 152 cm³/mol. The van der Waals surface area contributed by atoms with E-state index in [0.717, 1.165) is 28.6 Å². The summed E-state index contributed by atoms with van der Waals surface area (Å²) < 4.78 is 2.23. The molecule has 1 amide bonds. The van der Waals surface area contributed by atoms with Gasteiger partial charge in [0.05, 0.1) is 23.9 Å². The van der Waals surface area contributed by atoms with Crippen LogP contribution < -0.4 is 0 Å². The van der Waals surface area contributed by atoms with Crippen molar-refractivity contribution in [3.8, 4) is 0 Å². The first-order valence-corrected chi connectivity index (χ1v) is 14.2. The largest absolute Gasteiger partial charge is 0.396 e. The van der Waals surface area contributed by atoms with Crippen LogP contribution in [0.25, 0.3) is 10.9 Å². The Morgan fingerprint density at radius 1 is 0.868 bits per heavy atom. The van der Waals surface area contributed by atoms with E-state index in [2.05, 4.69) is 47.1 Å². The Bertz CT molecular complexity index is 1390. The number of hydrogen-bond donors (Lipinski definition) is 1. The smallest absolute Gasteiger partial charge is 0.224 e. The summed E-state index contributed by atoms with van der Waals surface area (Å²) in [6, 6.07) is 23.4. The molecule has 2 aliphatic rings. The van der Waals surface area contributed by atoms with Crippen LogP contribution in [0.3, 0.4) is 0 Å². The summed E-state index contributed by atoms with van der Waals surface area (Å²) in [5, 5.41) is 17.0. The van der Waals surface area contributed by atoms with Gasteiger partial charge in [-0.2, -0.15) is 5.10 Å². The van der Waals surface area contributed by atoms with E-state index < -0.39 is 0 Å². The normalized spacial score (nSPS) is 16.5. The molecule has 1 saturated carbocycles. The van der Waals surface area contributed by atoms with Crippen LogP contribution >= 0.6 is 23.2 Å². The highest BCUT2D eigenvalue weighted by atomic mass is 35.5. The molecule has 0 atom stereocenters. The first-order chi connectivity index (χ1) is 18.5. The molecular formula is C31H31Cl2N3O2. The Hall–Kier alpha value is -2.86. The monoisotopic (exact) mass is 547 g/mol. The standard InChI is InChI=1S/C31H31Cl2N3O2/c32-24-6-1-20(2-7-24)30(21-3-8-25(33)9-4-21)23-5-12-28-27(19-23)31(34-36(28)26-10-11-26)22-13-16-35(17-14-22)29(38)15-18-37/h1-9,12,19,22,26,30,37H,10-11,13-18H2. The number of carbonyl (C=O) groups is 1. The van der Waals surface area contributed by atoms with Crippen molar-refractivity contribution in [2.45, 2.75) is 50.0 Å². The molecule has 196 valence electrons. The Balaban J connectivity index is 1.40.